The number of aromatic nitrogens is 4. The average Bonchev–Trinajstić information content (AvgIpc) is 3.31. The van der Waals surface area contributed by atoms with Crippen molar-refractivity contribution in [2.24, 2.45) is 5.73 Å². The molecular weight excluding hydrogens is 364 g/mol. The second-order valence-electron chi connectivity index (χ2n) is 6.43. The first-order valence-corrected chi connectivity index (χ1v) is 9.42. The number of rotatable bonds is 5. The maximum atomic E-state index is 12.4. The number of nitrogens with zero attached hydrogens (tertiary/aromatic N) is 4. The molecule has 3 N–H and O–H groups in total. The highest BCUT2D eigenvalue weighted by Gasteiger charge is 2.26. The summed E-state index contributed by atoms with van der Waals surface area (Å²) in [6.07, 6.45) is 2.76. The largest absolute Gasteiger partial charge is 0.365 e. The molecule has 4 rings (SSSR count). The van der Waals surface area contributed by atoms with Crippen LogP contribution in [0.3, 0.4) is 0 Å². The molecule has 1 aliphatic rings. The molecule has 0 unspecified atom stereocenters. The monoisotopic (exact) mass is 382 g/mol. The topological polar surface area (TPSA) is 116 Å². The first-order valence-electron chi connectivity index (χ1n) is 8.61. The fourth-order valence-electron chi connectivity index (χ4n) is 3.29. The number of tetrazole rings is 1. The average molecular weight is 382 g/mol. The molecule has 1 aliphatic carbocycles. The van der Waals surface area contributed by atoms with E-state index in [0.717, 1.165) is 40.8 Å². The van der Waals surface area contributed by atoms with Gasteiger partial charge in [0.05, 0.1) is 5.56 Å². The van der Waals surface area contributed by atoms with Gasteiger partial charge in [-0.3, -0.25) is 9.59 Å². The third-order valence-electron chi connectivity index (χ3n) is 4.54. The number of amides is 2. The Morgan fingerprint density at radius 3 is 2.89 bits per heavy atom. The number of aryl methyl sites for hydroxylation is 2. The quantitative estimate of drug-likeness (QED) is 0.699. The van der Waals surface area contributed by atoms with Crippen molar-refractivity contribution >= 4 is 28.2 Å². The van der Waals surface area contributed by atoms with E-state index in [1.165, 1.54) is 16.1 Å². The smallest absolute Gasteiger partial charge is 0.251 e. The molecule has 2 aromatic heterocycles. The molecule has 0 radical (unpaired) electrons. The number of nitrogens with one attached hydrogen (secondary N) is 1. The number of benzene rings is 1. The minimum atomic E-state index is -0.509. The molecule has 2 amide bonds. The van der Waals surface area contributed by atoms with Crippen molar-refractivity contribution in [1.29, 1.82) is 0 Å². The Labute approximate surface area is 159 Å². The van der Waals surface area contributed by atoms with Gasteiger partial charge < -0.3 is 11.1 Å². The van der Waals surface area contributed by atoms with E-state index in [1.807, 2.05) is 31.2 Å². The van der Waals surface area contributed by atoms with Crippen LogP contribution < -0.4 is 11.1 Å². The summed E-state index contributed by atoms with van der Waals surface area (Å²) in [6, 6.07) is 7.70. The summed E-state index contributed by atoms with van der Waals surface area (Å²) in [5.41, 5.74) is 8.83. The predicted molar refractivity (Wildman–Crippen MR) is 101 cm³/mol. The van der Waals surface area contributed by atoms with Crippen LogP contribution in [-0.2, 0) is 24.2 Å². The first kappa shape index (κ1) is 17.3. The molecule has 138 valence electrons. The van der Waals surface area contributed by atoms with Crippen LogP contribution in [0.5, 0.6) is 0 Å². The van der Waals surface area contributed by atoms with Crippen LogP contribution in [0, 0.1) is 6.92 Å². The van der Waals surface area contributed by atoms with Gasteiger partial charge in [-0.05, 0) is 42.5 Å². The molecule has 0 atom stereocenters. The Morgan fingerprint density at radius 2 is 2.11 bits per heavy atom. The summed E-state index contributed by atoms with van der Waals surface area (Å²) in [5.74, 6) is -0.370. The molecule has 0 saturated carbocycles. The van der Waals surface area contributed by atoms with E-state index >= 15 is 0 Å². The van der Waals surface area contributed by atoms with Crippen LogP contribution in [0.15, 0.2) is 24.3 Å². The van der Waals surface area contributed by atoms with Crippen molar-refractivity contribution in [2.45, 2.75) is 32.7 Å². The van der Waals surface area contributed by atoms with Crippen LogP contribution in [0.25, 0.3) is 11.4 Å². The lowest BCUT2D eigenvalue weighted by Crippen LogP contribution is -2.22. The van der Waals surface area contributed by atoms with Gasteiger partial charge in [-0.2, -0.15) is 4.80 Å². The molecule has 1 aromatic carbocycles. The van der Waals surface area contributed by atoms with Crippen LogP contribution >= 0.6 is 11.3 Å². The van der Waals surface area contributed by atoms with Crippen molar-refractivity contribution in [3.05, 3.63) is 45.8 Å². The number of hydrogen-bond acceptors (Lipinski definition) is 6. The van der Waals surface area contributed by atoms with Gasteiger partial charge in [0, 0.05) is 10.4 Å². The Hall–Kier alpha value is -3.07. The molecule has 0 spiro atoms. The zero-order chi connectivity index (χ0) is 19.0. The highest BCUT2D eigenvalue weighted by atomic mass is 32.1. The molecule has 9 heteroatoms. The summed E-state index contributed by atoms with van der Waals surface area (Å²) in [7, 11) is 0. The Balaban J connectivity index is 1.50. The maximum absolute atomic E-state index is 12.4. The molecule has 0 saturated heterocycles. The number of primary amides is 1. The Kier molecular flexibility index (Phi) is 4.44. The summed E-state index contributed by atoms with van der Waals surface area (Å²) in [6.45, 7) is 1.86. The number of fused-ring (bicyclic) bond motifs is 1. The lowest BCUT2D eigenvalue weighted by molar-refractivity contribution is -0.117. The van der Waals surface area contributed by atoms with Gasteiger partial charge in [-0.1, -0.05) is 24.3 Å². The third-order valence-corrected chi connectivity index (χ3v) is 5.75. The van der Waals surface area contributed by atoms with E-state index in [1.54, 1.807) is 0 Å². The molecule has 0 aliphatic heterocycles. The van der Waals surface area contributed by atoms with E-state index in [4.69, 9.17) is 5.73 Å². The van der Waals surface area contributed by atoms with Crippen LogP contribution in [0.2, 0.25) is 0 Å². The van der Waals surface area contributed by atoms with Gasteiger partial charge >= 0.3 is 0 Å². The molecule has 0 fully saturated rings. The number of thiophene rings is 1. The Bertz CT molecular complexity index is 1040. The van der Waals surface area contributed by atoms with E-state index < -0.39 is 5.91 Å². The van der Waals surface area contributed by atoms with E-state index in [-0.39, 0.29) is 12.5 Å². The van der Waals surface area contributed by atoms with Gasteiger partial charge in [0.2, 0.25) is 11.7 Å². The number of carbonyl (C=O) groups is 2. The second-order valence-corrected chi connectivity index (χ2v) is 7.54. The fraction of sp³-hybridized carbons (Fsp3) is 0.278. The van der Waals surface area contributed by atoms with Crippen LogP contribution in [-0.4, -0.2) is 32.0 Å². The Morgan fingerprint density at radius 1 is 1.30 bits per heavy atom. The number of nitrogens with two attached hydrogens (primary N) is 1. The van der Waals surface area contributed by atoms with Gasteiger partial charge in [0.15, 0.2) is 0 Å². The lowest BCUT2D eigenvalue weighted by atomic mass is 10.1. The van der Waals surface area contributed by atoms with E-state index in [2.05, 4.69) is 20.7 Å². The molecular formula is C18H18N6O2S. The van der Waals surface area contributed by atoms with Crippen LogP contribution in [0.4, 0.5) is 5.00 Å². The fourth-order valence-corrected chi connectivity index (χ4v) is 4.60. The molecule has 27 heavy (non-hydrogen) atoms. The molecule has 3 aromatic rings. The van der Waals surface area contributed by atoms with Crippen LogP contribution in [0.1, 0.15) is 32.8 Å². The molecule has 8 nitrogen and oxygen atoms in total. The summed E-state index contributed by atoms with van der Waals surface area (Å²) in [5, 5.41) is 15.5. The third kappa shape index (κ3) is 3.33. The zero-order valence-corrected chi connectivity index (χ0v) is 15.5. The van der Waals surface area contributed by atoms with Crippen molar-refractivity contribution < 1.29 is 9.59 Å². The highest BCUT2D eigenvalue weighted by molar-refractivity contribution is 7.17. The minimum absolute atomic E-state index is 0.0976. The van der Waals surface area contributed by atoms with E-state index in [0.29, 0.717) is 16.4 Å². The van der Waals surface area contributed by atoms with Gasteiger partial charge in [0.25, 0.3) is 5.91 Å². The summed E-state index contributed by atoms with van der Waals surface area (Å²) in [4.78, 5) is 26.6. The van der Waals surface area contributed by atoms with Crippen molar-refractivity contribution in [3.8, 4) is 11.4 Å². The number of anilines is 1. The number of carbonyl (C=O) groups excluding carboxylic acids is 2. The SMILES string of the molecule is Cc1ccccc1-c1nnn(CC(=O)Nc2sc3c(c2C(N)=O)CCC3)n1. The molecule has 2 heterocycles. The first-order chi connectivity index (χ1) is 13.0. The van der Waals surface area contributed by atoms with Crippen molar-refractivity contribution in [1.82, 2.24) is 20.2 Å². The highest BCUT2D eigenvalue weighted by Crippen LogP contribution is 2.38. The maximum Gasteiger partial charge on any atom is 0.251 e. The van der Waals surface area contributed by atoms with Gasteiger partial charge in [-0.15, -0.1) is 21.5 Å². The summed E-state index contributed by atoms with van der Waals surface area (Å²) < 4.78 is 0. The summed E-state index contributed by atoms with van der Waals surface area (Å²) >= 11 is 1.42. The van der Waals surface area contributed by atoms with E-state index in [9.17, 15) is 9.59 Å². The normalized spacial score (nSPS) is 12.8. The number of hydrogen-bond donors (Lipinski definition) is 2. The minimum Gasteiger partial charge on any atom is -0.365 e. The van der Waals surface area contributed by atoms with Crippen molar-refractivity contribution in [2.75, 3.05) is 5.32 Å². The zero-order valence-electron chi connectivity index (χ0n) is 14.7. The lowest BCUT2D eigenvalue weighted by Gasteiger charge is -2.05. The standard InChI is InChI=1S/C18H18N6O2S/c1-10-5-2-3-6-11(10)17-21-23-24(22-17)9-14(25)20-18-15(16(19)26)12-7-4-8-13(12)27-18/h2-3,5-6H,4,7-9H2,1H3,(H2,19,26)(H,20,25). The van der Waals surface area contributed by atoms with Gasteiger partial charge in [0.1, 0.15) is 11.5 Å². The predicted octanol–water partition coefficient (Wildman–Crippen LogP) is 1.94. The second kappa shape index (κ2) is 6.92. The molecule has 0 bridgehead atoms. The van der Waals surface area contributed by atoms with Gasteiger partial charge in [-0.25, -0.2) is 0 Å². The van der Waals surface area contributed by atoms with Crippen molar-refractivity contribution in [3.63, 3.8) is 0 Å².